The number of amidine groups is 1. The molecule has 0 aromatic heterocycles. The van der Waals surface area contributed by atoms with Gasteiger partial charge in [0, 0.05) is 24.2 Å². The molecule has 2 atom stereocenters. The third-order valence-electron chi connectivity index (χ3n) is 7.08. The van der Waals surface area contributed by atoms with E-state index in [2.05, 4.69) is 35.2 Å². The Morgan fingerprint density at radius 1 is 1.16 bits per heavy atom. The summed E-state index contributed by atoms with van der Waals surface area (Å²) in [5.41, 5.74) is 0.106. The highest BCUT2D eigenvalue weighted by atomic mass is 32.2. The van der Waals surface area contributed by atoms with Crippen LogP contribution in [0.4, 0.5) is 11.4 Å². The van der Waals surface area contributed by atoms with Crippen molar-refractivity contribution in [1.29, 1.82) is 0 Å². The van der Waals surface area contributed by atoms with Crippen LogP contribution in [0.3, 0.4) is 0 Å². The molecule has 3 N–H and O–H groups in total. The van der Waals surface area contributed by atoms with Crippen molar-refractivity contribution in [3.8, 4) is 0 Å². The van der Waals surface area contributed by atoms with E-state index in [0.717, 1.165) is 44.8 Å². The molecule has 12 heteroatoms. The second kappa shape index (κ2) is 9.94. The highest BCUT2D eigenvalue weighted by Gasteiger charge is 2.44. The molecule has 1 saturated carbocycles. The summed E-state index contributed by atoms with van der Waals surface area (Å²) < 4.78 is 55.6. The number of sulfonamides is 2. The molecule has 1 aromatic carbocycles. The average molecular weight is 553 g/mol. The lowest BCUT2D eigenvalue weighted by atomic mass is 9.79. The number of hydrogen-bond acceptors (Lipinski definition) is 7. The molecule has 37 heavy (non-hydrogen) atoms. The zero-order valence-corrected chi connectivity index (χ0v) is 23.4. The molecule has 3 aliphatic rings. The summed E-state index contributed by atoms with van der Waals surface area (Å²) in [4.78, 5) is 15.4. The van der Waals surface area contributed by atoms with Crippen LogP contribution >= 0.6 is 0 Å². The number of nitrogens with zero attached hydrogens (tertiary/aromatic N) is 2. The number of hydrogen-bond donors (Lipinski definition) is 3. The standard InChI is InChI=1S/C25H36N4O6S2/c1-25(2,3)13-14-29-19-10-8-6-5-7-9-17(19)22(30)21(24(29)31)23-26-18-12-11-16(27-36(4,32)33)15-20(18)37(34,35)28-23/h11-12,15,17,19,27,30H,5-10,13-14H2,1-4H3,(H,26,28). The van der Waals surface area contributed by atoms with Gasteiger partial charge in [-0.25, -0.2) is 8.42 Å². The summed E-state index contributed by atoms with van der Waals surface area (Å²) in [7, 11) is -7.90. The van der Waals surface area contributed by atoms with Gasteiger partial charge >= 0.3 is 0 Å². The Balaban J connectivity index is 1.76. The van der Waals surface area contributed by atoms with E-state index in [1.54, 1.807) is 0 Å². The van der Waals surface area contributed by atoms with Gasteiger partial charge in [-0.3, -0.25) is 9.52 Å². The third kappa shape index (κ3) is 6.11. The van der Waals surface area contributed by atoms with Gasteiger partial charge in [0.1, 0.15) is 16.2 Å². The van der Waals surface area contributed by atoms with Crippen LogP contribution in [0.5, 0.6) is 0 Å². The minimum atomic E-state index is -4.29. The molecule has 1 aromatic rings. The van der Waals surface area contributed by atoms with Crippen LogP contribution in [0.15, 0.2) is 38.8 Å². The van der Waals surface area contributed by atoms with E-state index in [4.69, 9.17) is 0 Å². The number of aliphatic hydroxyl groups excluding tert-OH is 1. The van der Waals surface area contributed by atoms with E-state index < -0.39 is 26.0 Å². The largest absolute Gasteiger partial charge is 0.511 e. The minimum absolute atomic E-state index is 0.0125. The summed E-state index contributed by atoms with van der Waals surface area (Å²) >= 11 is 0. The van der Waals surface area contributed by atoms with Gasteiger partial charge in [0.15, 0.2) is 5.84 Å². The summed E-state index contributed by atoms with van der Waals surface area (Å²) in [5.74, 6) is -1.03. The van der Waals surface area contributed by atoms with E-state index >= 15 is 0 Å². The third-order valence-corrected chi connectivity index (χ3v) is 9.00. The van der Waals surface area contributed by atoms with E-state index in [1.165, 1.54) is 18.2 Å². The van der Waals surface area contributed by atoms with Crippen LogP contribution in [-0.2, 0) is 24.8 Å². The van der Waals surface area contributed by atoms with Gasteiger partial charge in [0.25, 0.3) is 15.9 Å². The van der Waals surface area contributed by atoms with Crippen molar-refractivity contribution in [2.75, 3.05) is 22.8 Å². The maximum Gasteiger partial charge on any atom is 0.286 e. The van der Waals surface area contributed by atoms with Crippen LogP contribution in [0.1, 0.15) is 65.7 Å². The molecule has 0 radical (unpaired) electrons. The van der Waals surface area contributed by atoms with Crippen molar-refractivity contribution >= 4 is 43.2 Å². The first-order valence-corrected chi connectivity index (χ1v) is 16.0. The molecule has 2 heterocycles. The maximum absolute atomic E-state index is 13.9. The second-order valence-electron chi connectivity index (χ2n) is 11.4. The van der Waals surface area contributed by atoms with Gasteiger partial charge in [0.05, 0.1) is 11.9 Å². The van der Waals surface area contributed by atoms with Crippen LogP contribution in [-0.4, -0.2) is 57.4 Å². The molecule has 0 spiro atoms. The van der Waals surface area contributed by atoms with Crippen LogP contribution in [0, 0.1) is 11.3 Å². The molecule has 204 valence electrons. The van der Waals surface area contributed by atoms with Crippen molar-refractivity contribution in [1.82, 2.24) is 4.90 Å². The van der Waals surface area contributed by atoms with Crippen molar-refractivity contribution in [2.45, 2.75) is 76.7 Å². The Hall–Kier alpha value is -2.60. The van der Waals surface area contributed by atoms with Crippen LogP contribution in [0.25, 0.3) is 0 Å². The van der Waals surface area contributed by atoms with Gasteiger partial charge < -0.3 is 15.3 Å². The van der Waals surface area contributed by atoms with Crippen molar-refractivity contribution in [2.24, 2.45) is 15.7 Å². The number of aliphatic hydroxyl groups is 1. The fraction of sp³-hybridized carbons (Fsp3) is 0.600. The van der Waals surface area contributed by atoms with Crippen LogP contribution in [0.2, 0.25) is 0 Å². The topological polar surface area (TPSA) is 145 Å². The fourth-order valence-corrected chi connectivity index (χ4v) is 6.94. The number of nitrogens with one attached hydrogen (secondary N) is 2. The summed E-state index contributed by atoms with van der Waals surface area (Å²) in [6.07, 6.45) is 7.23. The monoisotopic (exact) mass is 552 g/mol. The van der Waals surface area contributed by atoms with Crippen LogP contribution < -0.4 is 10.0 Å². The molecule has 4 rings (SSSR count). The summed E-state index contributed by atoms with van der Waals surface area (Å²) in [6, 6.07) is 3.87. The normalized spacial score (nSPS) is 24.3. The lowest BCUT2D eigenvalue weighted by Gasteiger charge is -2.43. The molecule has 2 unspecified atom stereocenters. The lowest BCUT2D eigenvalue weighted by molar-refractivity contribution is -0.132. The van der Waals surface area contributed by atoms with Crippen molar-refractivity contribution < 1.29 is 26.7 Å². The molecular formula is C25H36N4O6S2. The molecule has 0 bridgehead atoms. The van der Waals surface area contributed by atoms with Crippen molar-refractivity contribution in [3.05, 3.63) is 29.5 Å². The predicted octanol–water partition coefficient (Wildman–Crippen LogP) is 4.00. The predicted molar refractivity (Wildman–Crippen MR) is 144 cm³/mol. The second-order valence-corrected chi connectivity index (χ2v) is 14.7. The van der Waals surface area contributed by atoms with E-state index in [0.29, 0.717) is 13.0 Å². The Kier molecular flexibility index (Phi) is 7.37. The Labute approximate surface area is 219 Å². The number of rotatable bonds is 5. The van der Waals surface area contributed by atoms with E-state index in [9.17, 15) is 26.7 Å². The van der Waals surface area contributed by atoms with E-state index in [-0.39, 0.29) is 50.8 Å². The number of carbonyl (C=O) groups is 1. The number of carbonyl (C=O) groups excluding carboxylic acids is 1. The molecule has 10 nitrogen and oxygen atoms in total. The molecule has 1 fully saturated rings. The first-order chi connectivity index (χ1) is 17.2. The SMILES string of the molecule is CC(C)(C)CCN1C(=O)C(C2=NS(=O)(=O)c3cc(NS(C)(=O)=O)ccc3N2)=C(O)C2CCCCCCC21. The Bertz CT molecular complexity index is 1360. The zero-order valence-electron chi connectivity index (χ0n) is 21.7. The Morgan fingerprint density at radius 3 is 2.49 bits per heavy atom. The highest BCUT2D eigenvalue weighted by Crippen LogP contribution is 2.40. The van der Waals surface area contributed by atoms with Crippen molar-refractivity contribution in [3.63, 3.8) is 0 Å². The molecule has 2 aliphatic heterocycles. The van der Waals surface area contributed by atoms with Gasteiger partial charge in [-0.15, -0.1) is 4.40 Å². The molecule has 1 amide bonds. The van der Waals surface area contributed by atoms with Gasteiger partial charge in [-0.05, 0) is 42.9 Å². The van der Waals surface area contributed by atoms with Gasteiger partial charge in [0.2, 0.25) is 10.0 Å². The Morgan fingerprint density at radius 2 is 1.84 bits per heavy atom. The molecule has 0 saturated heterocycles. The molecule has 1 aliphatic carbocycles. The zero-order chi connectivity index (χ0) is 27.2. The lowest BCUT2D eigenvalue weighted by Crippen LogP contribution is -2.53. The highest BCUT2D eigenvalue weighted by molar-refractivity contribution is 7.92. The number of benzene rings is 1. The minimum Gasteiger partial charge on any atom is -0.511 e. The number of anilines is 2. The number of fused-ring (bicyclic) bond motifs is 2. The first kappa shape index (κ1) is 27.4. The first-order valence-electron chi connectivity index (χ1n) is 12.6. The fourth-order valence-electron chi connectivity index (χ4n) is 5.24. The van der Waals surface area contributed by atoms with Gasteiger partial charge in [-0.2, -0.15) is 8.42 Å². The molecular weight excluding hydrogens is 516 g/mol. The van der Waals surface area contributed by atoms with Gasteiger partial charge in [-0.1, -0.05) is 46.5 Å². The average Bonchev–Trinajstić information content (AvgIpc) is 2.73. The smallest absolute Gasteiger partial charge is 0.286 e. The quantitative estimate of drug-likeness (QED) is 0.500. The number of amides is 1. The summed E-state index contributed by atoms with van der Waals surface area (Å²) in [5, 5.41) is 14.3. The maximum atomic E-state index is 13.9. The summed E-state index contributed by atoms with van der Waals surface area (Å²) in [6.45, 7) is 6.81. The van der Waals surface area contributed by atoms with E-state index in [1.807, 2.05) is 4.90 Å².